The number of H-pyrrole nitrogens is 2. The number of amides is 1. The third kappa shape index (κ3) is 4.43. The van der Waals surface area contributed by atoms with Crippen LogP contribution in [0.3, 0.4) is 0 Å². The zero-order valence-corrected chi connectivity index (χ0v) is 20.4. The third-order valence-electron chi connectivity index (χ3n) is 6.14. The van der Waals surface area contributed by atoms with Crippen LogP contribution in [0.15, 0.2) is 79.5 Å². The highest BCUT2D eigenvalue weighted by Crippen LogP contribution is 2.34. The van der Waals surface area contributed by atoms with E-state index in [-0.39, 0.29) is 5.91 Å². The third-order valence-corrected chi connectivity index (χ3v) is 6.14. The van der Waals surface area contributed by atoms with Crippen LogP contribution in [-0.2, 0) is 4.79 Å². The number of benzene rings is 1. The second kappa shape index (κ2) is 9.29. The van der Waals surface area contributed by atoms with Crippen molar-refractivity contribution in [1.29, 1.82) is 0 Å². The standard InChI is InChI=1S/C28H24N8O/c1-36(2)16-26(37)32-20-11-19(14-30-15-20)18-3-4-24-21(12-18)28(35-34-24)25-13-22-23(33-25)7-10-31-27(22)17-5-8-29-9-6-17/h3-15,33H,16H2,1-2H3,(H,32,37)(H,34,35). The van der Waals surface area contributed by atoms with Gasteiger partial charge in [0, 0.05) is 52.2 Å². The van der Waals surface area contributed by atoms with E-state index in [9.17, 15) is 4.79 Å². The van der Waals surface area contributed by atoms with Crippen molar-refractivity contribution in [3.8, 4) is 33.8 Å². The molecule has 1 amide bonds. The van der Waals surface area contributed by atoms with Crippen molar-refractivity contribution < 1.29 is 4.79 Å². The van der Waals surface area contributed by atoms with Crippen molar-refractivity contribution >= 4 is 33.4 Å². The first-order chi connectivity index (χ1) is 18.0. The van der Waals surface area contributed by atoms with Gasteiger partial charge in [-0.25, -0.2) is 0 Å². The van der Waals surface area contributed by atoms with Gasteiger partial charge in [0.1, 0.15) is 5.69 Å². The van der Waals surface area contributed by atoms with E-state index in [2.05, 4.69) is 47.6 Å². The molecular formula is C28H24N8O. The zero-order valence-electron chi connectivity index (χ0n) is 20.4. The number of aromatic amines is 2. The number of pyridine rings is 3. The number of nitrogens with one attached hydrogen (secondary N) is 3. The Morgan fingerprint density at radius 1 is 0.838 bits per heavy atom. The molecule has 0 atom stereocenters. The maximum atomic E-state index is 12.2. The summed E-state index contributed by atoms with van der Waals surface area (Å²) in [6, 6.07) is 16.0. The molecule has 9 heteroatoms. The van der Waals surface area contributed by atoms with Gasteiger partial charge in [-0.3, -0.25) is 24.8 Å². The molecule has 0 radical (unpaired) electrons. The van der Waals surface area contributed by atoms with Crippen molar-refractivity contribution in [1.82, 2.24) is 35.0 Å². The fraction of sp³-hybridized carbons (Fsp3) is 0.107. The van der Waals surface area contributed by atoms with Gasteiger partial charge in [0.15, 0.2) is 0 Å². The Morgan fingerprint density at radius 2 is 1.68 bits per heavy atom. The van der Waals surface area contributed by atoms with Crippen molar-refractivity contribution in [2.24, 2.45) is 0 Å². The van der Waals surface area contributed by atoms with Gasteiger partial charge in [0.2, 0.25) is 5.91 Å². The van der Waals surface area contributed by atoms with Gasteiger partial charge in [0.05, 0.1) is 35.3 Å². The molecule has 0 aliphatic carbocycles. The Morgan fingerprint density at radius 3 is 2.51 bits per heavy atom. The largest absolute Gasteiger partial charge is 0.353 e. The molecule has 6 aromatic rings. The molecular weight excluding hydrogens is 464 g/mol. The number of hydrogen-bond acceptors (Lipinski definition) is 6. The van der Waals surface area contributed by atoms with E-state index in [1.54, 1.807) is 31.0 Å². The Balaban J connectivity index is 1.38. The molecule has 37 heavy (non-hydrogen) atoms. The van der Waals surface area contributed by atoms with Gasteiger partial charge in [0.25, 0.3) is 0 Å². The van der Waals surface area contributed by atoms with Gasteiger partial charge in [-0.1, -0.05) is 6.07 Å². The number of fused-ring (bicyclic) bond motifs is 2. The van der Waals surface area contributed by atoms with Crippen LogP contribution in [0.2, 0.25) is 0 Å². The lowest BCUT2D eigenvalue weighted by Gasteiger charge is -2.11. The second-order valence-electron chi connectivity index (χ2n) is 9.12. The quantitative estimate of drug-likeness (QED) is 0.312. The Kier molecular flexibility index (Phi) is 5.66. The monoisotopic (exact) mass is 488 g/mol. The number of rotatable bonds is 6. The number of likely N-dealkylation sites (N-methyl/N-ethyl adjacent to an activating group) is 1. The van der Waals surface area contributed by atoms with Gasteiger partial charge in [-0.15, -0.1) is 0 Å². The maximum Gasteiger partial charge on any atom is 0.238 e. The first-order valence-corrected chi connectivity index (χ1v) is 11.8. The number of carbonyl (C=O) groups is 1. The molecule has 0 saturated heterocycles. The molecule has 182 valence electrons. The molecule has 0 unspecified atom stereocenters. The summed E-state index contributed by atoms with van der Waals surface area (Å²) < 4.78 is 0. The fourth-order valence-corrected chi connectivity index (χ4v) is 4.47. The van der Waals surface area contributed by atoms with Gasteiger partial charge < -0.3 is 15.2 Å². The fourth-order valence-electron chi connectivity index (χ4n) is 4.47. The minimum absolute atomic E-state index is 0.0871. The van der Waals surface area contributed by atoms with E-state index in [4.69, 9.17) is 0 Å². The summed E-state index contributed by atoms with van der Waals surface area (Å²) in [5.41, 5.74) is 8.04. The van der Waals surface area contributed by atoms with E-state index in [0.29, 0.717) is 12.2 Å². The first-order valence-electron chi connectivity index (χ1n) is 11.8. The van der Waals surface area contributed by atoms with Gasteiger partial charge in [-0.2, -0.15) is 5.10 Å². The van der Waals surface area contributed by atoms with Crippen LogP contribution >= 0.6 is 0 Å². The highest BCUT2D eigenvalue weighted by molar-refractivity contribution is 6.01. The number of aromatic nitrogens is 6. The molecule has 3 N–H and O–H groups in total. The van der Waals surface area contributed by atoms with Crippen LogP contribution in [0.25, 0.3) is 55.6 Å². The topological polar surface area (TPSA) is 115 Å². The Labute approximate surface area is 212 Å². The summed E-state index contributed by atoms with van der Waals surface area (Å²) in [6.45, 7) is 0.303. The number of anilines is 1. The lowest BCUT2D eigenvalue weighted by molar-refractivity contribution is -0.116. The molecule has 0 bridgehead atoms. The number of carbonyl (C=O) groups excluding carboxylic acids is 1. The second-order valence-corrected chi connectivity index (χ2v) is 9.12. The highest BCUT2D eigenvalue weighted by Gasteiger charge is 2.15. The van der Waals surface area contributed by atoms with Gasteiger partial charge >= 0.3 is 0 Å². The normalized spacial score (nSPS) is 11.4. The predicted octanol–water partition coefficient (Wildman–Crippen LogP) is 4.73. The van der Waals surface area contributed by atoms with Crippen LogP contribution in [0.4, 0.5) is 5.69 Å². The maximum absolute atomic E-state index is 12.2. The zero-order chi connectivity index (χ0) is 25.4. The molecule has 1 aromatic carbocycles. The van der Waals surface area contributed by atoms with E-state index in [1.165, 1.54) is 0 Å². The summed E-state index contributed by atoms with van der Waals surface area (Å²) in [7, 11) is 3.71. The predicted molar refractivity (Wildman–Crippen MR) is 145 cm³/mol. The average molecular weight is 489 g/mol. The molecule has 0 spiro atoms. The first kappa shape index (κ1) is 22.6. The smallest absolute Gasteiger partial charge is 0.238 e. The summed E-state index contributed by atoms with van der Waals surface area (Å²) in [4.78, 5) is 30.6. The molecule has 0 aliphatic heterocycles. The molecule has 5 aromatic heterocycles. The number of nitrogens with zero attached hydrogens (tertiary/aromatic N) is 5. The summed E-state index contributed by atoms with van der Waals surface area (Å²) in [5, 5.41) is 12.7. The summed E-state index contributed by atoms with van der Waals surface area (Å²) in [6.07, 6.45) is 8.78. The molecule has 9 nitrogen and oxygen atoms in total. The van der Waals surface area contributed by atoms with Crippen LogP contribution in [0.5, 0.6) is 0 Å². The Bertz CT molecular complexity index is 1740. The molecule has 0 aliphatic rings. The minimum atomic E-state index is -0.0871. The summed E-state index contributed by atoms with van der Waals surface area (Å²) >= 11 is 0. The van der Waals surface area contributed by atoms with Crippen LogP contribution in [-0.4, -0.2) is 61.6 Å². The average Bonchev–Trinajstić information content (AvgIpc) is 3.52. The lowest BCUT2D eigenvalue weighted by atomic mass is 10.0. The molecule has 5 heterocycles. The van der Waals surface area contributed by atoms with E-state index in [1.807, 2.05) is 55.4 Å². The SMILES string of the molecule is CN(C)CC(=O)Nc1cncc(-c2ccc3[nH]nc(-c4cc5c(-c6ccncc6)nccc5[nH]4)c3c2)c1. The van der Waals surface area contributed by atoms with Crippen molar-refractivity contribution in [3.63, 3.8) is 0 Å². The van der Waals surface area contributed by atoms with Crippen LogP contribution in [0, 0.1) is 0 Å². The molecule has 6 rings (SSSR count). The Hall–Kier alpha value is -4.89. The van der Waals surface area contributed by atoms with Crippen molar-refractivity contribution in [2.75, 3.05) is 26.0 Å². The van der Waals surface area contributed by atoms with Crippen molar-refractivity contribution in [2.45, 2.75) is 0 Å². The lowest BCUT2D eigenvalue weighted by Crippen LogP contribution is -2.27. The van der Waals surface area contributed by atoms with Crippen LogP contribution < -0.4 is 5.32 Å². The summed E-state index contributed by atoms with van der Waals surface area (Å²) in [5.74, 6) is -0.0871. The van der Waals surface area contributed by atoms with E-state index < -0.39 is 0 Å². The highest BCUT2D eigenvalue weighted by atomic mass is 16.2. The molecule has 0 saturated carbocycles. The van der Waals surface area contributed by atoms with E-state index >= 15 is 0 Å². The van der Waals surface area contributed by atoms with Crippen LogP contribution in [0.1, 0.15) is 0 Å². The van der Waals surface area contributed by atoms with E-state index in [0.717, 1.165) is 55.6 Å². The molecule has 0 fully saturated rings. The number of hydrogen-bond donors (Lipinski definition) is 3. The van der Waals surface area contributed by atoms with Crippen molar-refractivity contribution in [3.05, 3.63) is 79.5 Å². The minimum Gasteiger partial charge on any atom is -0.353 e. The van der Waals surface area contributed by atoms with Gasteiger partial charge in [-0.05, 0) is 62.1 Å².